The van der Waals surface area contributed by atoms with Crippen LogP contribution in [0.3, 0.4) is 0 Å². The first-order valence-corrected chi connectivity index (χ1v) is 13.3. The summed E-state index contributed by atoms with van der Waals surface area (Å²) in [5, 5.41) is 2.67. The zero-order chi connectivity index (χ0) is 29.1. The zero-order valence-electron chi connectivity index (χ0n) is 21.7. The van der Waals surface area contributed by atoms with E-state index in [1.807, 2.05) is 4.90 Å². The molecule has 2 aliphatic heterocycles. The molecule has 2 saturated heterocycles. The van der Waals surface area contributed by atoms with Crippen LogP contribution >= 0.6 is 11.6 Å². The molecule has 4 aromatic heterocycles. The van der Waals surface area contributed by atoms with Crippen LogP contribution in [0.4, 0.5) is 24.8 Å². The Balaban J connectivity index is 1.34. The van der Waals surface area contributed by atoms with Crippen LogP contribution in [0.15, 0.2) is 36.8 Å². The normalized spacial score (nSPS) is 19.0. The molecular formula is C27H24ClF3N8O2. The number of carbonyl (C=O) groups excluding carboxylic acids is 2. The highest BCUT2D eigenvalue weighted by Crippen LogP contribution is 2.39. The number of rotatable bonds is 4. The largest absolute Gasteiger partial charge is 0.416 e. The van der Waals surface area contributed by atoms with Gasteiger partial charge in [0.1, 0.15) is 39.5 Å². The number of amides is 2. The van der Waals surface area contributed by atoms with Crippen LogP contribution in [-0.4, -0.2) is 53.6 Å². The summed E-state index contributed by atoms with van der Waals surface area (Å²) >= 11 is 6.60. The van der Waals surface area contributed by atoms with Gasteiger partial charge in [-0.1, -0.05) is 11.6 Å². The SMILES string of the molecule is Cc1cc(C(=O)Nc2cc(C(F)(F)F)ccn2)ncc1-c1nc([C@@H]2CC[C@H]3CCC(=O)N3C2)n2c(Cl)cnc(N)c12. The number of fused-ring (bicyclic) bond motifs is 2. The maximum absolute atomic E-state index is 13.0. The summed E-state index contributed by atoms with van der Waals surface area (Å²) in [6, 6.07) is 3.33. The predicted molar refractivity (Wildman–Crippen MR) is 144 cm³/mol. The molecule has 14 heteroatoms. The summed E-state index contributed by atoms with van der Waals surface area (Å²) in [4.78, 5) is 44.4. The summed E-state index contributed by atoms with van der Waals surface area (Å²) in [6.45, 7) is 2.28. The first-order valence-electron chi connectivity index (χ1n) is 12.9. The van der Waals surface area contributed by atoms with Crippen molar-refractivity contribution >= 4 is 40.6 Å². The fourth-order valence-electron chi connectivity index (χ4n) is 5.65. The average Bonchev–Trinajstić information content (AvgIpc) is 3.52. The molecule has 0 bridgehead atoms. The van der Waals surface area contributed by atoms with Gasteiger partial charge in [-0.2, -0.15) is 13.2 Å². The highest BCUT2D eigenvalue weighted by atomic mass is 35.5. The van der Waals surface area contributed by atoms with Crippen molar-refractivity contribution in [1.29, 1.82) is 0 Å². The van der Waals surface area contributed by atoms with Gasteiger partial charge in [0.2, 0.25) is 5.91 Å². The quantitative estimate of drug-likeness (QED) is 0.350. The Hall–Kier alpha value is -4.26. The number of alkyl halides is 3. The molecule has 41 heavy (non-hydrogen) atoms. The van der Waals surface area contributed by atoms with Gasteiger partial charge in [-0.15, -0.1) is 0 Å². The maximum Gasteiger partial charge on any atom is 0.416 e. The van der Waals surface area contributed by atoms with Gasteiger partial charge >= 0.3 is 6.18 Å². The van der Waals surface area contributed by atoms with Crippen molar-refractivity contribution in [2.24, 2.45) is 0 Å². The molecule has 6 heterocycles. The minimum Gasteiger partial charge on any atom is -0.382 e. The lowest BCUT2D eigenvalue weighted by atomic mass is 9.92. The van der Waals surface area contributed by atoms with E-state index in [9.17, 15) is 22.8 Å². The third-order valence-corrected chi connectivity index (χ3v) is 7.95. The van der Waals surface area contributed by atoms with Crippen LogP contribution in [0.1, 0.15) is 59.0 Å². The van der Waals surface area contributed by atoms with Gasteiger partial charge in [0.05, 0.1) is 11.8 Å². The number of imidazole rings is 1. The molecule has 0 radical (unpaired) electrons. The molecule has 0 unspecified atom stereocenters. The first kappa shape index (κ1) is 26.9. The topological polar surface area (TPSA) is 131 Å². The minimum absolute atomic E-state index is 0.0239. The fourth-order valence-corrected chi connectivity index (χ4v) is 5.87. The van der Waals surface area contributed by atoms with E-state index in [2.05, 4.69) is 20.3 Å². The zero-order valence-corrected chi connectivity index (χ0v) is 22.5. The van der Waals surface area contributed by atoms with Gasteiger partial charge in [0.15, 0.2) is 0 Å². The van der Waals surface area contributed by atoms with E-state index >= 15 is 0 Å². The van der Waals surface area contributed by atoms with Crippen molar-refractivity contribution in [1.82, 2.24) is 29.2 Å². The number of carbonyl (C=O) groups is 2. The summed E-state index contributed by atoms with van der Waals surface area (Å²) in [5.74, 6) is -0.0552. The van der Waals surface area contributed by atoms with Crippen molar-refractivity contribution in [2.75, 3.05) is 17.6 Å². The van der Waals surface area contributed by atoms with E-state index in [0.29, 0.717) is 46.3 Å². The molecule has 2 aliphatic rings. The van der Waals surface area contributed by atoms with Gasteiger partial charge in [-0.25, -0.2) is 15.0 Å². The number of pyridine rings is 2. The average molecular weight is 585 g/mol. The molecular weight excluding hydrogens is 561 g/mol. The van der Waals surface area contributed by atoms with E-state index < -0.39 is 17.6 Å². The number of aryl methyl sites for hydroxylation is 1. The van der Waals surface area contributed by atoms with Gasteiger partial charge < -0.3 is 16.0 Å². The second-order valence-corrected chi connectivity index (χ2v) is 10.6. The Morgan fingerprint density at radius 2 is 1.95 bits per heavy atom. The number of nitrogens with two attached hydrogens (primary N) is 1. The smallest absolute Gasteiger partial charge is 0.382 e. The lowest BCUT2D eigenvalue weighted by Gasteiger charge is -2.34. The lowest BCUT2D eigenvalue weighted by Crippen LogP contribution is -2.41. The number of halogens is 4. The maximum atomic E-state index is 13.0. The standard InChI is InChI=1S/C27H24ClF3N8O2/c1-13-8-18(26(41)36-20-9-15(6-7-33-20)27(29,30)31)34-10-17(13)22-23-24(32)35-11-19(28)39(23)25(37-22)14-2-3-16-4-5-21(40)38(16)12-14/h6-11,14,16H,2-5,12H2,1H3,(H2,32,35)(H,33,36,41)/t14-,16+/m1/s1. The molecule has 2 atom stereocenters. The second kappa shape index (κ2) is 9.98. The molecule has 2 amide bonds. The summed E-state index contributed by atoms with van der Waals surface area (Å²) in [5.41, 5.74) is 7.49. The van der Waals surface area contributed by atoms with Crippen LogP contribution < -0.4 is 11.1 Å². The van der Waals surface area contributed by atoms with Crippen molar-refractivity contribution in [2.45, 2.75) is 50.7 Å². The molecule has 10 nitrogen and oxygen atoms in total. The molecule has 212 valence electrons. The van der Waals surface area contributed by atoms with Crippen molar-refractivity contribution in [3.63, 3.8) is 0 Å². The van der Waals surface area contributed by atoms with Gasteiger partial charge in [0, 0.05) is 42.9 Å². The van der Waals surface area contributed by atoms with Crippen LogP contribution in [0, 0.1) is 6.92 Å². The van der Waals surface area contributed by atoms with Crippen LogP contribution in [0.25, 0.3) is 16.8 Å². The Morgan fingerprint density at radius 3 is 2.71 bits per heavy atom. The number of hydrogen-bond donors (Lipinski definition) is 2. The number of nitrogens with one attached hydrogen (secondary N) is 1. The molecule has 0 aromatic carbocycles. The number of aromatic nitrogens is 5. The number of hydrogen-bond acceptors (Lipinski definition) is 7. The van der Waals surface area contributed by atoms with E-state index in [1.54, 1.807) is 11.3 Å². The molecule has 0 spiro atoms. The predicted octanol–water partition coefficient (Wildman–Crippen LogP) is 4.87. The molecule has 3 N–H and O–H groups in total. The Morgan fingerprint density at radius 1 is 1.15 bits per heavy atom. The third kappa shape index (κ3) is 4.83. The lowest BCUT2D eigenvalue weighted by molar-refractivity contribution is -0.137. The van der Waals surface area contributed by atoms with E-state index in [4.69, 9.17) is 22.3 Å². The van der Waals surface area contributed by atoms with E-state index in [1.165, 1.54) is 18.5 Å². The van der Waals surface area contributed by atoms with E-state index in [-0.39, 0.29) is 35.2 Å². The molecule has 0 aliphatic carbocycles. The fraction of sp³-hybridized carbons (Fsp3) is 0.333. The molecule has 0 saturated carbocycles. The number of nitrogen functional groups attached to an aromatic ring is 1. The van der Waals surface area contributed by atoms with Crippen LogP contribution in [0.2, 0.25) is 5.15 Å². The van der Waals surface area contributed by atoms with Gasteiger partial charge in [-0.3, -0.25) is 19.0 Å². The highest BCUT2D eigenvalue weighted by molar-refractivity contribution is 6.30. The van der Waals surface area contributed by atoms with Crippen molar-refractivity contribution in [3.05, 3.63) is 64.6 Å². The third-order valence-electron chi connectivity index (χ3n) is 7.68. The minimum atomic E-state index is -4.58. The number of piperidine rings is 1. The molecule has 4 aromatic rings. The van der Waals surface area contributed by atoms with E-state index in [0.717, 1.165) is 37.6 Å². The highest BCUT2D eigenvalue weighted by Gasteiger charge is 2.39. The van der Waals surface area contributed by atoms with Gasteiger partial charge in [-0.05, 0) is 49.9 Å². The Bertz CT molecular complexity index is 1710. The summed E-state index contributed by atoms with van der Waals surface area (Å²) < 4.78 is 40.9. The van der Waals surface area contributed by atoms with Gasteiger partial charge in [0.25, 0.3) is 5.91 Å². The summed E-state index contributed by atoms with van der Waals surface area (Å²) in [6.07, 6.45) is 2.41. The monoisotopic (exact) mass is 584 g/mol. The molecule has 6 rings (SSSR count). The van der Waals surface area contributed by atoms with Crippen molar-refractivity contribution in [3.8, 4) is 11.3 Å². The Labute approximate surface area is 236 Å². The van der Waals surface area contributed by atoms with Crippen LogP contribution in [-0.2, 0) is 11.0 Å². The van der Waals surface area contributed by atoms with Crippen molar-refractivity contribution < 1.29 is 22.8 Å². The Kier molecular flexibility index (Phi) is 6.56. The second-order valence-electron chi connectivity index (χ2n) is 10.2. The number of anilines is 2. The number of nitrogens with zero attached hydrogens (tertiary/aromatic N) is 6. The van der Waals surface area contributed by atoms with Crippen LogP contribution in [0.5, 0.6) is 0 Å². The first-order chi connectivity index (χ1) is 19.5. The summed E-state index contributed by atoms with van der Waals surface area (Å²) in [7, 11) is 0. The molecule has 2 fully saturated rings.